The molecular formula is C18H17N3O4. The highest BCUT2D eigenvalue weighted by molar-refractivity contribution is 6.31. The highest BCUT2D eigenvalue weighted by atomic mass is 16.4. The molecule has 1 aliphatic rings. The van der Waals surface area contributed by atoms with Crippen LogP contribution in [0.4, 0.5) is 0 Å². The van der Waals surface area contributed by atoms with Crippen LogP contribution in [0.2, 0.25) is 0 Å². The summed E-state index contributed by atoms with van der Waals surface area (Å²) in [5, 5.41) is 13.9. The molecule has 7 nitrogen and oxygen atoms in total. The first-order chi connectivity index (χ1) is 12.1. The number of hydrogen-bond donors (Lipinski definition) is 3. The third-order valence-electron chi connectivity index (χ3n) is 3.87. The minimum atomic E-state index is -0.864. The maximum atomic E-state index is 12.2. The zero-order valence-electron chi connectivity index (χ0n) is 13.4. The molecule has 25 heavy (non-hydrogen) atoms. The Balaban J connectivity index is 1.88. The summed E-state index contributed by atoms with van der Waals surface area (Å²) in [6.45, 7) is 0.420. The van der Waals surface area contributed by atoms with Gasteiger partial charge < -0.3 is 15.0 Å². The van der Waals surface area contributed by atoms with Gasteiger partial charge in [-0.3, -0.25) is 19.7 Å². The number of carboxylic acids is 1. The number of nitrogens with zero attached hydrogens (tertiary/aromatic N) is 1. The second-order valence-electron chi connectivity index (χ2n) is 5.61. The van der Waals surface area contributed by atoms with E-state index in [1.54, 1.807) is 12.1 Å². The molecule has 0 spiro atoms. The molecule has 128 valence electrons. The quantitative estimate of drug-likeness (QED) is 0.421. The molecule has 1 aromatic carbocycles. The van der Waals surface area contributed by atoms with Gasteiger partial charge in [0.25, 0.3) is 11.8 Å². The van der Waals surface area contributed by atoms with E-state index in [-0.39, 0.29) is 6.42 Å². The third-order valence-corrected chi connectivity index (χ3v) is 3.87. The van der Waals surface area contributed by atoms with Gasteiger partial charge in [-0.1, -0.05) is 0 Å². The van der Waals surface area contributed by atoms with Crippen molar-refractivity contribution in [3.63, 3.8) is 0 Å². The van der Waals surface area contributed by atoms with Crippen LogP contribution in [0.5, 0.6) is 0 Å². The molecule has 1 aromatic heterocycles. The Hall–Kier alpha value is -3.35. The lowest BCUT2D eigenvalue weighted by Crippen LogP contribution is -2.37. The van der Waals surface area contributed by atoms with Crippen LogP contribution >= 0.6 is 0 Å². The first kappa shape index (κ1) is 16.5. The molecule has 0 bridgehead atoms. The Morgan fingerprint density at radius 1 is 1.16 bits per heavy atom. The van der Waals surface area contributed by atoms with Crippen molar-refractivity contribution in [2.24, 2.45) is 0 Å². The molecule has 7 heteroatoms. The Morgan fingerprint density at radius 3 is 2.64 bits per heavy atom. The first-order valence-electron chi connectivity index (χ1n) is 7.85. The minimum Gasteiger partial charge on any atom is -0.481 e. The maximum absolute atomic E-state index is 12.2. The number of benzene rings is 1. The number of nitrogens with one attached hydrogen (secondary N) is 2. The zero-order chi connectivity index (χ0) is 17.8. The number of carbonyl (C=O) groups excluding carboxylic acids is 2. The van der Waals surface area contributed by atoms with E-state index in [1.165, 1.54) is 6.20 Å². The number of aliphatic carboxylic acids is 1. The molecule has 2 amide bonds. The van der Waals surface area contributed by atoms with E-state index in [1.807, 2.05) is 35.2 Å². The lowest BCUT2D eigenvalue weighted by molar-refractivity contribution is -0.137. The number of rotatable bonds is 6. The molecule has 3 rings (SSSR count). The summed E-state index contributed by atoms with van der Waals surface area (Å²) in [6.07, 6.45) is 5.77. The summed E-state index contributed by atoms with van der Waals surface area (Å²) in [4.78, 5) is 34.8. The average molecular weight is 339 g/mol. The largest absolute Gasteiger partial charge is 0.481 e. The lowest BCUT2D eigenvalue weighted by Gasteiger charge is -2.19. The monoisotopic (exact) mass is 339 g/mol. The second kappa shape index (κ2) is 7.04. The number of imide groups is 1. The predicted octanol–water partition coefficient (Wildman–Crippen LogP) is 1.54. The van der Waals surface area contributed by atoms with Crippen molar-refractivity contribution in [3.8, 4) is 5.69 Å². The van der Waals surface area contributed by atoms with Crippen LogP contribution in [0.3, 0.4) is 0 Å². The topological polar surface area (TPSA) is 100 Å². The van der Waals surface area contributed by atoms with E-state index >= 15 is 0 Å². The molecule has 1 aliphatic heterocycles. The van der Waals surface area contributed by atoms with Crippen LogP contribution in [0.25, 0.3) is 11.3 Å². The summed E-state index contributed by atoms with van der Waals surface area (Å²) >= 11 is 0. The van der Waals surface area contributed by atoms with Gasteiger partial charge >= 0.3 is 5.97 Å². The van der Waals surface area contributed by atoms with Gasteiger partial charge in [-0.25, -0.2) is 0 Å². The molecule has 2 aromatic rings. The molecule has 0 saturated carbocycles. The summed E-state index contributed by atoms with van der Waals surface area (Å²) in [7, 11) is 0. The van der Waals surface area contributed by atoms with E-state index in [9.17, 15) is 14.4 Å². The third kappa shape index (κ3) is 3.60. The second-order valence-corrected chi connectivity index (χ2v) is 5.61. The SMILES string of the molecule is O=C(O)CCCN/C=C1/C(=O)NC(=O)c2ccc(-n3cccc3)cc21. The fourth-order valence-electron chi connectivity index (χ4n) is 2.64. The molecular weight excluding hydrogens is 322 g/mol. The predicted molar refractivity (Wildman–Crippen MR) is 91.1 cm³/mol. The van der Waals surface area contributed by atoms with E-state index in [4.69, 9.17) is 5.11 Å². The van der Waals surface area contributed by atoms with Crippen molar-refractivity contribution in [1.29, 1.82) is 0 Å². The van der Waals surface area contributed by atoms with Gasteiger partial charge in [0.05, 0.1) is 5.57 Å². The summed E-state index contributed by atoms with van der Waals surface area (Å²) in [5.41, 5.74) is 2.15. The van der Waals surface area contributed by atoms with Crippen LogP contribution in [0.15, 0.2) is 48.9 Å². The van der Waals surface area contributed by atoms with Gasteiger partial charge in [-0.15, -0.1) is 0 Å². The van der Waals surface area contributed by atoms with Gasteiger partial charge in [0, 0.05) is 48.4 Å². The molecule has 3 N–H and O–H groups in total. The number of amides is 2. The standard InChI is InChI=1S/C18H17N3O4/c22-16(23)4-3-7-19-11-15-14-10-12(21-8-1-2-9-21)5-6-13(14)17(24)20-18(15)25/h1-2,5-6,8-11,19H,3-4,7H2,(H,22,23)(H,20,24,25)/b15-11+. The Kier molecular flexibility index (Phi) is 4.65. The van der Waals surface area contributed by atoms with Gasteiger partial charge in [-0.2, -0.15) is 0 Å². The molecule has 0 fully saturated rings. The number of carboxylic acid groups (broad SMARTS) is 1. The van der Waals surface area contributed by atoms with Crippen molar-refractivity contribution in [2.45, 2.75) is 12.8 Å². The van der Waals surface area contributed by atoms with E-state index in [0.29, 0.717) is 29.7 Å². The Bertz CT molecular complexity index is 853. The van der Waals surface area contributed by atoms with Gasteiger partial charge in [0.2, 0.25) is 0 Å². The van der Waals surface area contributed by atoms with Crippen LogP contribution in [0, 0.1) is 0 Å². The van der Waals surface area contributed by atoms with Gasteiger partial charge in [0.1, 0.15) is 0 Å². The van der Waals surface area contributed by atoms with Crippen LogP contribution in [-0.2, 0) is 9.59 Å². The highest BCUT2D eigenvalue weighted by Crippen LogP contribution is 2.26. The van der Waals surface area contributed by atoms with Crippen LogP contribution in [-0.4, -0.2) is 34.0 Å². The van der Waals surface area contributed by atoms with Gasteiger partial charge in [-0.05, 0) is 36.8 Å². The first-order valence-corrected chi connectivity index (χ1v) is 7.85. The Morgan fingerprint density at radius 2 is 1.92 bits per heavy atom. The molecule has 0 aliphatic carbocycles. The highest BCUT2D eigenvalue weighted by Gasteiger charge is 2.27. The molecule has 2 heterocycles. The number of carbonyl (C=O) groups is 3. The molecule has 0 radical (unpaired) electrons. The lowest BCUT2D eigenvalue weighted by atomic mass is 9.95. The van der Waals surface area contributed by atoms with Gasteiger partial charge in [0.15, 0.2) is 0 Å². The minimum absolute atomic E-state index is 0.0508. The van der Waals surface area contributed by atoms with Crippen molar-refractivity contribution >= 4 is 23.4 Å². The van der Waals surface area contributed by atoms with E-state index < -0.39 is 17.8 Å². The number of fused-ring (bicyclic) bond motifs is 1. The fraction of sp³-hybridized carbons (Fsp3) is 0.167. The Labute approximate surface area is 144 Å². The van der Waals surface area contributed by atoms with E-state index in [0.717, 1.165) is 5.69 Å². The zero-order valence-corrected chi connectivity index (χ0v) is 13.4. The smallest absolute Gasteiger partial charge is 0.303 e. The van der Waals surface area contributed by atoms with Crippen molar-refractivity contribution in [3.05, 3.63) is 60.1 Å². The molecule has 0 atom stereocenters. The summed E-state index contributed by atoms with van der Waals surface area (Å²) in [6, 6.07) is 9.06. The van der Waals surface area contributed by atoms with Crippen LogP contribution in [0.1, 0.15) is 28.8 Å². The average Bonchev–Trinajstić information content (AvgIpc) is 3.11. The summed E-state index contributed by atoms with van der Waals surface area (Å²) < 4.78 is 1.88. The fourth-order valence-corrected chi connectivity index (χ4v) is 2.64. The number of aromatic nitrogens is 1. The maximum Gasteiger partial charge on any atom is 0.303 e. The van der Waals surface area contributed by atoms with Crippen molar-refractivity contribution in [2.75, 3.05) is 6.54 Å². The van der Waals surface area contributed by atoms with Crippen molar-refractivity contribution in [1.82, 2.24) is 15.2 Å². The van der Waals surface area contributed by atoms with Crippen molar-refractivity contribution < 1.29 is 19.5 Å². The van der Waals surface area contributed by atoms with E-state index in [2.05, 4.69) is 10.6 Å². The van der Waals surface area contributed by atoms with Crippen LogP contribution < -0.4 is 10.6 Å². The molecule has 0 unspecified atom stereocenters. The normalized spacial score (nSPS) is 15.0. The number of hydrogen-bond acceptors (Lipinski definition) is 4. The molecule has 0 saturated heterocycles. The summed E-state index contributed by atoms with van der Waals surface area (Å²) in [5.74, 6) is -1.77.